The van der Waals surface area contributed by atoms with Gasteiger partial charge in [0.2, 0.25) is 11.8 Å². The van der Waals surface area contributed by atoms with Gasteiger partial charge in [-0.1, -0.05) is 36.4 Å². The van der Waals surface area contributed by atoms with Crippen LogP contribution in [0.2, 0.25) is 0 Å². The normalized spacial score (nSPS) is 23.1. The highest BCUT2D eigenvalue weighted by Crippen LogP contribution is 2.53. The van der Waals surface area contributed by atoms with Crippen molar-refractivity contribution in [3.05, 3.63) is 95.1 Å². The molecule has 4 atom stereocenters. The number of para-hydroxylation sites is 1. The average molecular weight is 510 g/mol. The van der Waals surface area contributed by atoms with Crippen LogP contribution in [0, 0.1) is 11.8 Å². The number of carbonyl (C=O) groups is 4. The molecule has 2 saturated heterocycles. The Morgan fingerprint density at radius 3 is 2.26 bits per heavy atom. The maximum Gasteiger partial charge on any atom is 0.339 e. The number of hydrazone groups is 1. The van der Waals surface area contributed by atoms with Crippen molar-refractivity contribution in [3.8, 4) is 5.75 Å². The second kappa shape index (κ2) is 8.95. The summed E-state index contributed by atoms with van der Waals surface area (Å²) in [6.07, 6.45) is 1.65. The molecule has 2 amide bonds. The zero-order valence-corrected chi connectivity index (χ0v) is 20.6. The third-order valence-electron chi connectivity index (χ3n) is 7.49. The molecule has 0 radical (unpaired) electrons. The lowest BCUT2D eigenvalue weighted by Crippen LogP contribution is -2.45. The first-order valence-electron chi connectivity index (χ1n) is 12.1. The number of esters is 1. The van der Waals surface area contributed by atoms with Gasteiger partial charge in [-0.2, -0.15) is 5.10 Å². The molecule has 0 aliphatic carbocycles. The van der Waals surface area contributed by atoms with Crippen LogP contribution in [0.3, 0.4) is 0 Å². The molecule has 3 aliphatic heterocycles. The molecule has 3 aliphatic rings. The maximum atomic E-state index is 14.1. The zero-order valence-electron chi connectivity index (χ0n) is 20.6. The summed E-state index contributed by atoms with van der Waals surface area (Å²) in [5.41, 5.74) is 2.23. The third kappa shape index (κ3) is 3.35. The Morgan fingerprint density at radius 2 is 1.53 bits per heavy atom. The van der Waals surface area contributed by atoms with Crippen LogP contribution in [0.1, 0.15) is 37.9 Å². The number of imide groups is 1. The summed E-state index contributed by atoms with van der Waals surface area (Å²) in [6, 6.07) is 18.8. The molecular formula is C29H23N3O6. The summed E-state index contributed by atoms with van der Waals surface area (Å²) >= 11 is 0. The van der Waals surface area contributed by atoms with E-state index in [-0.39, 0.29) is 17.0 Å². The van der Waals surface area contributed by atoms with Crippen LogP contribution in [0.25, 0.3) is 0 Å². The molecule has 0 aromatic heterocycles. The van der Waals surface area contributed by atoms with Crippen LogP contribution >= 0.6 is 0 Å². The van der Waals surface area contributed by atoms with Crippen LogP contribution in [-0.2, 0) is 14.3 Å². The van der Waals surface area contributed by atoms with Crippen LogP contribution in [0.5, 0.6) is 5.75 Å². The summed E-state index contributed by atoms with van der Waals surface area (Å²) in [5, 5.41) is 6.17. The minimum atomic E-state index is -1.02. The monoisotopic (exact) mass is 509 g/mol. The number of benzene rings is 3. The highest BCUT2D eigenvalue weighted by molar-refractivity contribution is 6.26. The highest BCUT2D eigenvalue weighted by Gasteiger charge is 2.65. The van der Waals surface area contributed by atoms with Gasteiger partial charge in [-0.25, -0.2) is 9.69 Å². The predicted molar refractivity (Wildman–Crippen MR) is 137 cm³/mol. The van der Waals surface area contributed by atoms with Crippen molar-refractivity contribution in [3.63, 3.8) is 0 Å². The Morgan fingerprint density at radius 1 is 0.842 bits per heavy atom. The van der Waals surface area contributed by atoms with Gasteiger partial charge < -0.3 is 9.47 Å². The molecule has 3 aromatic carbocycles. The lowest BCUT2D eigenvalue weighted by atomic mass is 9.83. The molecule has 9 nitrogen and oxygen atoms in total. The molecule has 38 heavy (non-hydrogen) atoms. The van der Waals surface area contributed by atoms with E-state index in [1.165, 1.54) is 26.4 Å². The van der Waals surface area contributed by atoms with E-state index in [9.17, 15) is 19.2 Å². The summed E-state index contributed by atoms with van der Waals surface area (Å²) in [6.45, 7) is 0. The Bertz CT molecular complexity index is 1510. The summed E-state index contributed by atoms with van der Waals surface area (Å²) < 4.78 is 10.1. The van der Waals surface area contributed by atoms with Gasteiger partial charge in [-0.05, 0) is 47.5 Å². The Balaban J connectivity index is 1.49. The van der Waals surface area contributed by atoms with Crippen molar-refractivity contribution in [1.82, 2.24) is 5.01 Å². The van der Waals surface area contributed by atoms with E-state index in [0.29, 0.717) is 11.3 Å². The topological polar surface area (TPSA) is 106 Å². The van der Waals surface area contributed by atoms with E-state index in [2.05, 4.69) is 5.10 Å². The lowest BCUT2D eigenvalue weighted by Gasteiger charge is -2.34. The van der Waals surface area contributed by atoms with Crippen molar-refractivity contribution < 1.29 is 28.7 Å². The number of ketones is 1. The second-order valence-electron chi connectivity index (χ2n) is 9.31. The molecule has 0 saturated carbocycles. The fourth-order valence-corrected chi connectivity index (χ4v) is 5.78. The molecular weight excluding hydrogens is 486 g/mol. The molecule has 0 spiro atoms. The van der Waals surface area contributed by atoms with Gasteiger partial charge in [0.25, 0.3) is 0 Å². The van der Waals surface area contributed by atoms with E-state index in [4.69, 9.17) is 9.47 Å². The number of anilines is 1. The Hall–Kier alpha value is -4.79. The van der Waals surface area contributed by atoms with Crippen molar-refractivity contribution in [2.45, 2.75) is 12.1 Å². The largest absolute Gasteiger partial charge is 0.497 e. The molecule has 0 unspecified atom stereocenters. The van der Waals surface area contributed by atoms with E-state index in [1.807, 2.05) is 24.3 Å². The standard InChI is InChI=1S/C29H23N3O6/c1-37-18-13-11-16(12-14-18)26(33)25-23-22(24-19-8-4-3-7-17(19)15-30-32(24)25)27(34)31(28(23)35)21-10-6-5-9-20(21)29(36)38-2/h3-15,22-25H,1-2H3/t22-,23-,24+,25-/m0/s1. The average Bonchev–Trinajstić information content (AvgIpc) is 3.44. The van der Waals surface area contributed by atoms with Gasteiger partial charge in [0, 0.05) is 5.56 Å². The Kier molecular flexibility index (Phi) is 5.56. The van der Waals surface area contributed by atoms with Crippen molar-refractivity contribution in [2.75, 3.05) is 19.1 Å². The smallest absolute Gasteiger partial charge is 0.339 e. The van der Waals surface area contributed by atoms with Gasteiger partial charge in [0.15, 0.2) is 5.78 Å². The van der Waals surface area contributed by atoms with Gasteiger partial charge in [-0.3, -0.25) is 19.4 Å². The number of methoxy groups -OCH3 is 2. The molecule has 190 valence electrons. The first-order valence-corrected chi connectivity index (χ1v) is 12.1. The van der Waals surface area contributed by atoms with Crippen molar-refractivity contribution in [2.24, 2.45) is 16.9 Å². The number of nitrogens with zero attached hydrogens (tertiary/aromatic N) is 3. The number of hydrogen-bond acceptors (Lipinski definition) is 8. The molecule has 9 heteroatoms. The summed E-state index contributed by atoms with van der Waals surface area (Å²) in [7, 11) is 2.77. The van der Waals surface area contributed by atoms with Crippen molar-refractivity contribution in [1.29, 1.82) is 0 Å². The van der Waals surface area contributed by atoms with Crippen molar-refractivity contribution >= 4 is 35.5 Å². The minimum Gasteiger partial charge on any atom is -0.497 e. The number of fused-ring (bicyclic) bond motifs is 5. The van der Waals surface area contributed by atoms with Gasteiger partial charge in [-0.15, -0.1) is 0 Å². The van der Waals surface area contributed by atoms with E-state index in [1.54, 1.807) is 47.6 Å². The van der Waals surface area contributed by atoms with Gasteiger partial charge in [0.05, 0.1) is 49.6 Å². The first kappa shape index (κ1) is 23.6. The quantitative estimate of drug-likeness (QED) is 0.295. The number of Topliss-reactive ketones (excluding diaryl/α,β-unsaturated/α-hetero) is 1. The fourth-order valence-electron chi connectivity index (χ4n) is 5.78. The van der Waals surface area contributed by atoms with Crippen LogP contribution in [0.4, 0.5) is 5.69 Å². The second-order valence-corrected chi connectivity index (χ2v) is 9.31. The minimum absolute atomic E-state index is 0.0913. The summed E-state index contributed by atoms with van der Waals surface area (Å²) in [4.78, 5) is 55.6. The predicted octanol–water partition coefficient (Wildman–Crippen LogP) is 3.24. The van der Waals surface area contributed by atoms with Crippen LogP contribution in [0.15, 0.2) is 77.9 Å². The number of ether oxygens (including phenoxy) is 2. The van der Waals surface area contributed by atoms with E-state index in [0.717, 1.165) is 16.0 Å². The molecule has 3 heterocycles. The maximum absolute atomic E-state index is 14.1. The van der Waals surface area contributed by atoms with Crippen LogP contribution < -0.4 is 9.64 Å². The number of rotatable bonds is 5. The molecule has 3 aromatic rings. The van der Waals surface area contributed by atoms with Gasteiger partial charge >= 0.3 is 5.97 Å². The fraction of sp³-hybridized carbons (Fsp3) is 0.207. The number of amides is 2. The molecule has 0 N–H and O–H groups in total. The molecule has 0 bridgehead atoms. The summed E-state index contributed by atoms with van der Waals surface area (Å²) in [5.74, 6) is -3.32. The third-order valence-corrected chi connectivity index (χ3v) is 7.49. The zero-order chi connectivity index (χ0) is 26.6. The molecule has 6 rings (SSSR count). The van der Waals surface area contributed by atoms with E-state index < -0.39 is 41.7 Å². The number of carbonyl (C=O) groups excluding carboxylic acids is 4. The molecule has 2 fully saturated rings. The SMILES string of the molecule is COC(=O)c1ccccc1N1C(=O)[C@H]2[C@H](C1=O)[C@H]1c3ccccc3C=NN1[C@@H]2C(=O)c1ccc(OC)cc1. The Labute approximate surface area is 218 Å². The number of hydrogen-bond donors (Lipinski definition) is 0. The first-order chi connectivity index (χ1) is 18.5. The lowest BCUT2D eigenvalue weighted by molar-refractivity contribution is -0.124. The highest BCUT2D eigenvalue weighted by atomic mass is 16.5. The van der Waals surface area contributed by atoms with E-state index >= 15 is 0 Å². The van der Waals surface area contributed by atoms with Gasteiger partial charge in [0.1, 0.15) is 11.8 Å². The van der Waals surface area contributed by atoms with Crippen LogP contribution in [-0.4, -0.2) is 55.1 Å².